The molecule has 0 saturated carbocycles. The maximum Gasteiger partial charge on any atom is 0.261 e. The molecule has 2 aromatic carbocycles. The molecule has 1 amide bonds. The molecule has 3 aromatic rings. The predicted octanol–water partition coefficient (Wildman–Crippen LogP) is 1.64. The van der Waals surface area contributed by atoms with Crippen LogP contribution in [0, 0.1) is 0 Å². The zero-order valence-electron chi connectivity index (χ0n) is 14.1. The van der Waals surface area contributed by atoms with Crippen LogP contribution >= 0.6 is 11.6 Å². The van der Waals surface area contributed by atoms with Crippen LogP contribution in [-0.2, 0) is 17.9 Å². The summed E-state index contributed by atoms with van der Waals surface area (Å²) < 4.78 is 6.99. The lowest BCUT2D eigenvalue weighted by Crippen LogP contribution is -2.24. The number of benzene rings is 2. The Morgan fingerprint density at radius 3 is 2.78 bits per heavy atom. The smallest absolute Gasteiger partial charge is 0.261 e. The molecule has 0 fully saturated rings. The monoisotopic (exact) mass is 385 g/mol. The third-order valence-electron chi connectivity index (χ3n) is 3.47. The second-order valence-electron chi connectivity index (χ2n) is 5.44. The van der Waals surface area contributed by atoms with Gasteiger partial charge in [0.15, 0.2) is 0 Å². The molecule has 0 radical (unpaired) electrons. The van der Waals surface area contributed by atoms with Crippen LogP contribution in [-0.4, -0.2) is 32.3 Å². The number of rotatable bonds is 7. The first-order valence-electron chi connectivity index (χ1n) is 7.91. The van der Waals surface area contributed by atoms with Gasteiger partial charge in [-0.2, -0.15) is 5.10 Å². The van der Waals surface area contributed by atoms with Crippen molar-refractivity contribution in [3.05, 3.63) is 64.7 Å². The van der Waals surface area contributed by atoms with Gasteiger partial charge >= 0.3 is 0 Å². The fourth-order valence-electron chi connectivity index (χ4n) is 2.13. The SMILES string of the molecule is Nc1nnnn1CC(=O)N/N=C\c1ccccc1OCc1ccc(Cl)cc1. The summed E-state index contributed by atoms with van der Waals surface area (Å²) in [7, 11) is 0. The molecule has 3 N–H and O–H groups in total. The van der Waals surface area contributed by atoms with Gasteiger partial charge in [-0.05, 0) is 40.3 Å². The van der Waals surface area contributed by atoms with Crippen molar-refractivity contribution in [1.82, 2.24) is 25.6 Å². The van der Waals surface area contributed by atoms with E-state index in [1.54, 1.807) is 12.1 Å². The highest BCUT2D eigenvalue weighted by atomic mass is 35.5. The molecule has 27 heavy (non-hydrogen) atoms. The average molecular weight is 386 g/mol. The van der Waals surface area contributed by atoms with Crippen molar-refractivity contribution in [2.45, 2.75) is 13.2 Å². The standard InChI is InChI=1S/C17H16ClN7O2/c18-14-7-5-12(6-8-14)11-27-15-4-2-1-3-13(15)9-20-21-16(26)10-25-17(19)22-23-24-25/h1-9H,10-11H2,(H,21,26)(H2,19,22,24)/b20-9-. The first-order chi connectivity index (χ1) is 13.1. The lowest BCUT2D eigenvalue weighted by Gasteiger charge is -2.09. The maximum atomic E-state index is 11.8. The zero-order chi connectivity index (χ0) is 19.1. The third kappa shape index (κ3) is 5.25. The van der Waals surface area contributed by atoms with Crippen LogP contribution in [0.15, 0.2) is 53.6 Å². The van der Waals surface area contributed by atoms with Gasteiger partial charge in [0.1, 0.15) is 18.9 Å². The van der Waals surface area contributed by atoms with Gasteiger partial charge in [0.25, 0.3) is 5.91 Å². The number of hydrogen-bond donors (Lipinski definition) is 2. The molecule has 0 aliphatic carbocycles. The zero-order valence-corrected chi connectivity index (χ0v) is 14.9. The quantitative estimate of drug-likeness (QED) is 0.471. The average Bonchev–Trinajstić information content (AvgIpc) is 3.07. The number of nitrogens with one attached hydrogen (secondary N) is 1. The number of halogens is 1. The molecule has 0 bridgehead atoms. The first kappa shape index (κ1) is 18.3. The number of aromatic nitrogens is 4. The highest BCUT2D eigenvalue weighted by molar-refractivity contribution is 6.30. The number of hydrogen-bond acceptors (Lipinski definition) is 7. The minimum atomic E-state index is -0.412. The van der Waals surface area contributed by atoms with Crippen LogP contribution in [0.1, 0.15) is 11.1 Å². The van der Waals surface area contributed by atoms with E-state index in [0.29, 0.717) is 22.9 Å². The predicted molar refractivity (Wildman–Crippen MR) is 100 cm³/mol. The van der Waals surface area contributed by atoms with Gasteiger partial charge in [-0.25, -0.2) is 10.1 Å². The Labute approximate surface area is 159 Å². The van der Waals surface area contributed by atoms with E-state index in [2.05, 4.69) is 26.1 Å². The highest BCUT2D eigenvalue weighted by Crippen LogP contribution is 2.18. The van der Waals surface area contributed by atoms with Crippen molar-refractivity contribution in [1.29, 1.82) is 0 Å². The number of hydrazone groups is 1. The number of amides is 1. The van der Waals surface area contributed by atoms with Crippen molar-refractivity contribution in [3.63, 3.8) is 0 Å². The van der Waals surface area contributed by atoms with Crippen LogP contribution < -0.4 is 15.9 Å². The number of carbonyl (C=O) groups excluding carboxylic acids is 1. The van der Waals surface area contributed by atoms with Gasteiger partial charge < -0.3 is 10.5 Å². The van der Waals surface area contributed by atoms with Gasteiger partial charge in [0, 0.05) is 10.6 Å². The van der Waals surface area contributed by atoms with Gasteiger partial charge in [0.2, 0.25) is 5.95 Å². The summed E-state index contributed by atoms with van der Waals surface area (Å²) in [5, 5.41) is 15.0. The minimum Gasteiger partial charge on any atom is -0.488 e. The molecule has 0 unspecified atom stereocenters. The maximum absolute atomic E-state index is 11.8. The van der Waals surface area contributed by atoms with Crippen molar-refractivity contribution >= 4 is 29.7 Å². The number of tetrazole rings is 1. The summed E-state index contributed by atoms with van der Waals surface area (Å²) >= 11 is 5.88. The lowest BCUT2D eigenvalue weighted by atomic mass is 10.2. The molecule has 0 atom stereocenters. The van der Waals surface area contributed by atoms with E-state index in [9.17, 15) is 4.79 Å². The molecule has 9 nitrogen and oxygen atoms in total. The summed E-state index contributed by atoms with van der Waals surface area (Å²) in [4.78, 5) is 11.8. The fraction of sp³-hybridized carbons (Fsp3) is 0.118. The van der Waals surface area contributed by atoms with Gasteiger partial charge in [-0.15, -0.1) is 0 Å². The van der Waals surface area contributed by atoms with E-state index in [0.717, 1.165) is 10.2 Å². The second kappa shape index (κ2) is 8.77. The Kier molecular flexibility index (Phi) is 5.95. The summed E-state index contributed by atoms with van der Waals surface area (Å²) in [6.45, 7) is 0.248. The molecular formula is C17H16ClN7O2. The van der Waals surface area contributed by atoms with Gasteiger partial charge in [0.05, 0.1) is 6.21 Å². The van der Waals surface area contributed by atoms with E-state index in [4.69, 9.17) is 22.1 Å². The Morgan fingerprint density at radius 1 is 1.26 bits per heavy atom. The van der Waals surface area contributed by atoms with E-state index in [-0.39, 0.29) is 12.5 Å². The molecule has 0 saturated heterocycles. The fourth-order valence-corrected chi connectivity index (χ4v) is 2.26. The summed E-state index contributed by atoms with van der Waals surface area (Å²) in [6.07, 6.45) is 1.50. The van der Waals surface area contributed by atoms with Crippen molar-refractivity contribution in [2.75, 3.05) is 5.73 Å². The Balaban J connectivity index is 1.58. The Morgan fingerprint density at radius 2 is 2.04 bits per heavy atom. The van der Waals surface area contributed by atoms with E-state index in [1.807, 2.05) is 36.4 Å². The number of carbonyl (C=O) groups is 1. The van der Waals surface area contributed by atoms with Crippen molar-refractivity contribution in [3.8, 4) is 5.75 Å². The lowest BCUT2D eigenvalue weighted by molar-refractivity contribution is -0.121. The minimum absolute atomic E-state index is 0.0510. The van der Waals surface area contributed by atoms with Crippen molar-refractivity contribution < 1.29 is 9.53 Å². The molecule has 0 aliphatic heterocycles. The summed E-state index contributed by atoms with van der Waals surface area (Å²) in [6, 6.07) is 14.7. The topological polar surface area (TPSA) is 120 Å². The number of ether oxygens (including phenoxy) is 1. The van der Waals surface area contributed by atoms with E-state index in [1.165, 1.54) is 6.21 Å². The molecule has 1 aromatic heterocycles. The Hall–Kier alpha value is -3.46. The van der Waals surface area contributed by atoms with Crippen LogP contribution in [0.3, 0.4) is 0 Å². The molecule has 3 rings (SSSR count). The van der Waals surface area contributed by atoms with Crippen molar-refractivity contribution in [2.24, 2.45) is 5.10 Å². The molecule has 0 spiro atoms. The Bertz CT molecular complexity index is 940. The summed E-state index contributed by atoms with van der Waals surface area (Å²) in [5.41, 5.74) is 9.60. The molecule has 10 heteroatoms. The normalized spacial score (nSPS) is 10.9. The van der Waals surface area contributed by atoms with Crippen LogP contribution in [0.25, 0.3) is 0 Å². The molecular weight excluding hydrogens is 370 g/mol. The van der Waals surface area contributed by atoms with E-state index < -0.39 is 5.91 Å². The molecule has 0 aliphatic rings. The van der Waals surface area contributed by atoms with Gasteiger partial charge in [-0.1, -0.05) is 41.0 Å². The summed E-state index contributed by atoms with van der Waals surface area (Å²) in [5.74, 6) is 0.273. The first-order valence-corrected chi connectivity index (χ1v) is 8.29. The third-order valence-corrected chi connectivity index (χ3v) is 3.72. The van der Waals surface area contributed by atoms with Gasteiger partial charge in [-0.3, -0.25) is 4.79 Å². The second-order valence-corrected chi connectivity index (χ2v) is 5.88. The van der Waals surface area contributed by atoms with Crippen LogP contribution in [0.2, 0.25) is 5.02 Å². The largest absolute Gasteiger partial charge is 0.488 e. The van der Waals surface area contributed by atoms with Crippen LogP contribution in [0.4, 0.5) is 5.95 Å². The molecule has 138 valence electrons. The number of nitrogens with zero attached hydrogens (tertiary/aromatic N) is 5. The number of nitrogens with two attached hydrogens (primary N) is 1. The number of para-hydroxylation sites is 1. The van der Waals surface area contributed by atoms with Crippen LogP contribution in [0.5, 0.6) is 5.75 Å². The molecule has 1 heterocycles. The highest BCUT2D eigenvalue weighted by Gasteiger charge is 2.07. The van der Waals surface area contributed by atoms with E-state index >= 15 is 0 Å². The number of nitrogen functional groups attached to an aromatic ring is 1. The number of anilines is 1.